The van der Waals surface area contributed by atoms with Crippen LogP contribution in [0, 0.1) is 6.92 Å². The molecule has 0 aliphatic carbocycles. The van der Waals surface area contributed by atoms with E-state index in [1.165, 1.54) is 11.3 Å². The zero-order valence-electron chi connectivity index (χ0n) is 8.72. The molecule has 0 aromatic carbocycles. The number of hydrogen-bond acceptors (Lipinski definition) is 4. The molecule has 1 atom stereocenters. The van der Waals surface area contributed by atoms with Crippen LogP contribution in [0.3, 0.4) is 0 Å². The third-order valence-electron chi connectivity index (χ3n) is 2.12. The average molecular weight is 255 g/mol. The number of aryl methyl sites for hydroxylation is 1. The van der Waals surface area contributed by atoms with E-state index >= 15 is 0 Å². The Hall–Kier alpha value is -0.970. The number of halogens is 1. The maximum atomic E-state index is 9.91. The number of nitrogens with zero attached hydrogens (tertiary/aromatic N) is 2. The second kappa shape index (κ2) is 4.91. The Morgan fingerprint density at radius 1 is 1.38 bits per heavy atom. The molecule has 2 aromatic rings. The summed E-state index contributed by atoms with van der Waals surface area (Å²) in [5.74, 6) is 0.454. The van der Waals surface area contributed by atoms with Crippen molar-refractivity contribution in [2.24, 2.45) is 0 Å². The number of aliphatic hydroxyl groups excluding tert-OH is 1. The minimum absolute atomic E-state index is 0.454. The largest absolute Gasteiger partial charge is 0.385 e. The predicted octanol–water partition coefficient (Wildman–Crippen LogP) is 2.78. The van der Waals surface area contributed by atoms with Crippen LogP contribution in [0.1, 0.15) is 22.4 Å². The van der Waals surface area contributed by atoms with Crippen LogP contribution in [0.15, 0.2) is 24.5 Å². The van der Waals surface area contributed by atoms with E-state index in [4.69, 9.17) is 11.6 Å². The minimum atomic E-state index is -0.671. The first-order chi connectivity index (χ1) is 7.65. The Bertz CT molecular complexity index is 469. The van der Waals surface area contributed by atoms with E-state index in [0.717, 1.165) is 14.8 Å². The van der Waals surface area contributed by atoms with Crippen LogP contribution in [0.25, 0.3) is 0 Å². The molecule has 2 aromatic heterocycles. The zero-order chi connectivity index (χ0) is 11.5. The molecule has 84 valence electrons. The van der Waals surface area contributed by atoms with Crippen LogP contribution in [0.4, 0.5) is 0 Å². The highest BCUT2D eigenvalue weighted by Gasteiger charge is 2.12. The molecule has 1 unspecified atom stereocenters. The predicted molar refractivity (Wildman–Crippen MR) is 64.8 cm³/mol. The summed E-state index contributed by atoms with van der Waals surface area (Å²) in [4.78, 5) is 9.21. The number of aromatic nitrogens is 2. The molecule has 5 heteroatoms. The normalized spacial score (nSPS) is 12.7. The topological polar surface area (TPSA) is 46.0 Å². The summed E-state index contributed by atoms with van der Waals surface area (Å²) in [6.45, 7) is 1.91. The fraction of sp³-hybridized carbons (Fsp3) is 0.273. The van der Waals surface area contributed by atoms with E-state index in [0.29, 0.717) is 12.2 Å². The highest BCUT2D eigenvalue weighted by Crippen LogP contribution is 2.25. The van der Waals surface area contributed by atoms with Gasteiger partial charge in [-0.3, -0.25) is 0 Å². The number of aliphatic hydroxyl groups is 1. The van der Waals surface area contributed by atoms with E-state index in [9.17, 15) is 5.11 Å². The van der Waals surface area contributed by atoms with Crippen molar-refractivity contribution in [3.8, 4) is 0 Å². The van der Waals surface area contributed by atoms with Gasteiger partial charge in [0.1, 0.15) is 6.10 Å². The molecule has 0 aliphatic heterocycles. The van der Waals surface area contributed by atoms with Gasteiger partial charge in [-0.2, -0.15) is 0 Å². The van der Waals surface area contributed by atoms with E-state index in [1.807, 2.05) is 19.1 Å². The van der Waals surface area contributed by atoms with Crippen molar-refractivity contribution in [3.05, 3.63) is 45.1 Å². The first-order valence-electron chi connectivity index (χ1n) is 4.86. The molecular weight excluding hydrogens is 244 g/mol. The van der Waals surface area contributed by atoms with Crippen molar-refractivity contribution in [2.45, 2.75) is 19.4 Å². The number of rotatable bonds is 3. The van der Waals surface area contributed by atoms with Gasteiger partial charge in [0, 0.05) is 23.7 Å². The first kappa shape index (κ1) is 11.5. The van der Waals surface area contributed by atoms with Gasteiger partial charge in [0.05, 0.1) is 4.34 Å². The molecule has 3 nitrogen and oxygen atoms in total. The third kappa shape index (κ3) is 2.78. The van der Waals surface area contributed by atoms with Gasteiger partial charge in [0.15, 0.2) is 5.82 Å². The first-order valence-corrected chi connectivity index (χ1v) is 6.05. The molecule has 0 fully saturated rings. The van der Waals surface area contributed by atoms with Gasteiger partial charge < -0.3 is 5.11 Å². The average Bonchev–Trinajstić information content (AvgIpc) is 2.65. The van der Waals surface area contributed by atoms with Gasteiger partial charge in [-0.1, -0.05) is 11.6 Å². The van der Waals surface area contributed by atoms with Crippen LogP contribution in [0.2, 0.25) is 4.34 Å². The summed E-state index contributed by atoms with van der Waals surface area (Å²) >= 11 is 7.28. The molecule has 2 heterocycles. The highest BCUT2D eigenvalue weighted by atomic mass is 35.5. The van der Waals surface area contributed by atoms with E-state index in [2.05, 4.69) is 9.97 Å². The minimum Gasteiger partial charge on any atom is -0.385 e. The van der Waals surface area contributed by atoms with Crippen molar-refractivity contribution in [1.29, 1.82) is 0 Å². The van der Waals surface area contributed by atoms with Gasteiger partial charge >= 0.3 is 0 Å². The summed E-state index contributed by atoms with van der Waals surface area (Å²) in [6.07, 6.45) is 3.23. The Labute approximate surface area is 103 Å². The Morgan fingerprint density at radius 3 is 2.62 bits per heavy atom. The van der Waals surface area contributed by atoms with Gasteiger partial charge in [-0.05, 0) is 24.6 Å². The molecule has 1 N–H and O–H groups in total. The van der Waals surface area contributed by atoms with Gasteiger partial charge in [-0.15, -0.1) is 11.3 Å². The van der Waals surface area contributed by atoms with Crippen molar-refractivity contribution >= 4 is 22.9 Å². The maximum absolute atomic E-state index is 9.91. The molecule has 0 radical (unpaired) electrons. The monoisotopic (exact) mass is 254 g/mol. The molecule has 0 aliphatic rings. The fourth-order valence-electron chi connectivity index (χ4n) is 1.32. The Morgan fingerprint density at radius 2 is 2.06 bits per heavy atom. The van der Waals surface area contributed by atoms with Crippen LogP contribution in [-0.2, 0) is 6.42 Å². The van der Waals surface area contributed by atoms with Gasteiger partial charge in [-0.25, -0.2) is 9.97 Å². The van der Waals surface area contributed by atoms with Crippen LogP contribution >= 0.6 is 22.9 Å². The summed E-state index contributed by atoms with van der Waals surface area (Å²) in [5.41, 5.74) is 0.982. The molecule has 16 heavy (non-hydrogen) atoms. The number of hydrogen-bond donors (Lipinski definition) is 1. The number of thiophene rings is 1. The highest BCUT2D eigenvalue weighted by molar-refractivity contribution is 7.16. The van der Waals surface area contributed by atoms with E-state index < -0.39 is 6.10 Å². The van der Waals surface area contributed by atoms with Crippen molar-refractivity contribution in [1.82, 2.24) is 9.97 Å². The lowest BCUT2D eigenvalue weighted by Crippen LogP contribution is -2.05. The molecule has 2 rings (SSSR count). The molecule has 0 bridgehead atoms. The maximum Gasteiger partial charge on any atom is 0.157 e. The van der Waals surface area contributed by atoms with Crippen LogP contribution in [-0.4, -0.2) is 15.1 Å². The zero-order valence-corrected chi connectivity index (χ0v) is 10.3. The van der Waals surface area contributed by atoms with Gasteiger partial charge in [0.2, 0.25) is 0 Å². The lowest BCUT2D eigenvalue weighted by Gasteiger charge is -2.07. The van der Waals surface area contributed by atoms with Crippen LogP contribution < -0.4 is 0 Å². The lowest BCUT2D eigenvalue weighted by molar-refractivity contribution is 0.169. The van der Waals surface area contributed by atoms with Gasteiger partial charge in [0.25, 0.3) is 0 Å². The summed E-state index contributed by atoms with van der Waals surface area (Å²) < 4.78 is 0.729. The second-order valence-corrected chi connectivity index (χ2v) is 5.34. The summed E-state index contributed by atoms with van der Waals surface area (Å²) in [5, 5.41) is 9.91. The SMILES string of the molecule is Cc1cnc(C(O)Cc2ccc(Cl)s2)nc1. The van der Waals surface area contributed by atoms with Crippen molar-refractivity contribution in [3.63, 3.8) is 0 Å². The van der Waals surface area contributed by atoms with Crippen LogP contribution in [0.5, 0.6) is 0 Å². The molecule has 0 spiro atoms. The van der Waals surface area contributed by atoms with E-state index in [-0.39, 0.29) is 0 Å². The quantitative estimate of drug-likeness (QED) is 0.916. The lowest BCUT2D eigenvalue weighted by atomic mass is 10.2. The second-order valence-electron chi connectivity index (χ2n) is 3.54. The Kier molecular flexibility index (Phi) is 3.53. The smallest absolute Gasteiger partial charge is 0.157 e. The summed E-state index contributed by atoms with van der Waals surface area (Å²) in [7, 11) is 0. The molecule has 0 amide bonds. The van der Waals surface area contributed by atoms with E-state index in [1.54, 1.807) is 12.4 Å². The third-order valence-corrected chi connectivity index (χ3v) is 3.38. The Balaban J connectivity index is 2.08. The molecule has 0 saturated carbocycles. The van der Waals surface area contributed by atoms with Crippen molar-refractivity contribution < 1.29 is 5.11 Å². The molecule has 0 saturated heterocycles. The summed E-state index contributed by atoms with van der Waals surface area (Å²) in [6, 6.07) is 3.73. The molecular formula is C11H11ClN2OS. The standard InChI is InChI=1S/C11H11ClN2OS/c1-7-5-13-11(14-6-7)9(15)4-8-2-3-10(12)16-8/h2-3,5-6,9,15H,4H2,1H3. The fourth-order valence-corrected chi connectivity index (χ4v) is 2.44. The van der Waals surface area contributed by atoms with Crippen molar-refractivity contribution in [2.75, 3.05) is 0 Å².